The number of nitriles is 1. The number of nitrogens with zero attached hydrogens (tertiary/aromatic N) is 3. The van der Waals surface area contributed by atoms with Crippen LogP contribution in [0, 0.1) is 11.3 Å². The first-order valence-corrected chi connectivity index (χ1v) is 10.1. The van der Waals surface area contributed by atoms with Crippen molar-refractivity contribution >= 4 is 27.0 Å². The first kappa shape index (κ1) is 20.8. The molecular weight excluding hydrogens is 468 g/mol. The number of imidazole rings is 1. The summed E-state index contributed by atoms with van der Waals surface area (Å²) in [6.07, 6.45) is 0. The van der Waals surface area contributed by atoms with Crippen LogP contribution in [0.2, 0.25) is 0 Å². The predicted molar refractivity (Wildman–Crippen MR) is 115 cm³/mol. The zero-order valence-corrected chi connectivity index (χ0v) is 17.7. The van der Waals surface area contributed by atoms with E-state index >= 15 is 0 Å². The number of hydrogen-bond acceptors (Lipinski definition) is 4. The molecule has 4 aromatic rings. The van der Waals surface area contributed by atoms with E-state index in [0.717, 1.165) is 4.47 Å². The van der Waals surface area contributed by atoms with Crippen LogP contribution in [0.3, 0.4) is 0 Å². The Hall–Kier alpha value is -3.44. The third-order valence-electron chi connectivity index (χ3n) is 4.64. The Labute approximate surface area is 185 Å². The van der Waals surface area contributed by atoms with E-state index in [0.29, 0.717) is 33.7 Å². The van der Waals surface area contributed by atoms with E-state index in [-0.39, 0.29) is 18.9 Å². The second-order valence-electron chi connectivity index (χ2n) is 6.66. The van der Waals surface area contributed by atoms with Gasteiger partial charge in [-0.05, 0) is 42.5 Å². The molecule has 1 heterocycles. The molecule has 0 saturated carbocycles. The van der Waals surface area contributed by atoms with Crippen molar-refractivity contribution in [2.75, 3.05) is 0 Å². The summed E-state index contributed by atoms with van der Waals surface area (Å²) < 4.78 is 39.0. The van der Waals surface area contributed by atoms with E-state index < -0.39 is 6.61 Å². The monoisotopic (exact) mass is 483 g/mol. The van der Waals surface area contributed by atoms with E-state index in [9.17, 15) is 14.0 Å². The Balaban J connectivity index is 1.73. The van der Waals surface area contributed by atoms with Crippen molar-refractivity contribution in [3.8, 4) is 17.6 Å². The number of halogens is 3. The lowest BCUT2D eigenvalue weighted by molar-refractivity contribution is -0.0504. The van der Waals surface area contributed by atoms with Gasteiger partial charge >= 0.3 is 6.61 Å². The normalized spacial score (nSPS) is 10.9. The van der Waals surface area contributed by atoms with Crippen LogP contribution in [0.5, 0.6) is 11.5 Å². The Kier molecular flexibility index (Phi) is 6.14. The van der Waals surface area contributed by atoms with Crippen molar-refractivity contribution in [3.63, 3.8) is 0 Å². The zero-order valence-electron chi connectivity index (χ0n) is 16.1. The molecule has 0 unspecified atom stereocenters. The number of aromatic nitrogens is 2. The highest BCUT2D eigenvalue weighted by Gasteiger charge is 2.16. The molecule has 0 fully saturated rings. The predicted octanol–water partition coefficient (Wildman–Crippen LogP) is 5.90. The van der Waals surface area contributed by atoms with Gasteiger partial charge in [-0.25, -0.2) is 4.98 Å². The van der Waals surface area contributed by atoms with Crippen LogP contribution in [0.4, 0.5) is 8.78 Å². The van der Waals surface area contributed by atoms with Gasteiger partial charge in [0.2, 0.25) is 0 Å². The summed E-state index contributed by atoms with van der Waals surface area (Å²) in [5.41, 5.74) is 2.43. The van der Waals surface area contributed by atoms with E-state index in [2.05, 4.69) is 31.7 Å². The molecule has 156 valence electrons. The van der Waals surface area contributed by atoms with E-state index in [4.69, 9.17) is 4.74 Å². The standard InChI is InChI=1S/C23H16BrF2N3O2/c24-17-5-3-6-18(11-17)30-14-22-28-19-9-8-15(12-27)10-20(19)29(22)13-16-4-1-2-7-21(16)31-23(25)26/h1-11,23H,13-14H2. The lowest BCUT2D eigenvalue weighted by Gasteiger charge is -2.14. The maximum atomic E-state index is 12.9. The van der Waals surface area contributed by atoms with Crippen molar-refractivity contribution in [2.45, 2.75) is 19.8 Å². The lowest BCUT2D eigenvalue weighted by Crippen LogP contribution is -2.11. The number of para-hydroxylation sites is 1. The van der Waals surface area contributed by atoms with E-state index in [1.165, 1.54) is 6.07 Å². The Morgan fingerprint density at radius 3 is 2.68 bits per heavy atom. The van der Waals surface area contributed by atoms with E-state index in [1.807, 2.05) is 28.8 Å². The molecule has 0 spiro atoms. The molecule has 31 heavy (non-hydrogen) atoms. The largest absolute Gasteiger partial charge is 0.486 e. The number of benzene rings is 3. The maximum Gasteiger partial charge on any atom is 0.387 e. The summed E-state index contributed by atoms with van der Waals surface area (Å²) in [5, 5.41) is 9.29. The fourth-order valence-electron chi connectivity index (χ4n) is 3.25. The number of alkyl halides is 2. The Morgan fingerprint density at radius 1 is 1.06 bits per heavy atom. The molecular formula is C23H16BrF2N3O2. The van der Waals surface area contributed by atoms with Crippen LogP contribution in [-0.4, -0.2) is 16.2 Å². The molecule has 0 aliphatic heterocycles. The van der Waals surface area contributed by atoms with Gasteiger partial charge in [0.25, 0.3) is 0 Å². The highest BCUT2D eigenvalue weighted by atomic mass is 79.9. The molecule has 0 saturated heterocycles. The molecule has 0 amide bonds. The highest BCUT2D eigenvalue weighted by Crippen LogP contribution is 2.26. The van der Waals surface area contributed by atoms with Gasteiger partial charge in [0.1, 0.15) is 23.9 Å². The topological polar surface area (TPSA) is 60.1 Å². The van der Waals surface area contributed by atoms with Crippen LogP contribution in [-0.2, 0) is 13.2 Å². The van der Waals surface area contributed by atoms with Crippen LogP contribution in [0.25, 0.3) is 11.0 Å². The molecule has 1 aromatic heterocycles. The summed E-state index contributed by atoms with van der Waals surface area (Å²) in [6, 6.07) is 21.3. The number of ether oxygens (including phenoxy) is 2. The number of rotatable bonds is 7. The van der Waals surface area contributed by atoms with Gasteiger partial charge in [0.15, 0.2) is 0 Å². The molecule has 4 rings (SSSR count). The molecule has 0 bridgehead atoms. The van der Waals surface area contributed by atoms with Crippen molar-refractivity contribution in [1.82, 2.24) is 9.55 Å². The minimum atomic E-state index is -2.93. The molecule has 0 aliphatic carbocycles. The van der Waals surface area contributed by atoms with Crippen LogP contribution in [0.15, 0.2) is 71.2 Å². The summed E-state index contributed by atoms with van der Waals surface area (Å²) in [5.74, 6) is 1.35. The van der Waals surface area contributed by atoms with Gasteiger partial charge < -0.3 is 14.0 Å². The fraction of sp³-hybridized carbons (Fsp3) is 0.130. The average molecular weight is 484 g/mol. The smallest absolute Gasteiger partial charge is 0.387 e. The van der Waals surface area contributed by atoms with E-state index in [1.54, 1.807) is 36.4 Å². The summed E-state index contributed by atoms with van der Waals surface area (Å²) >= 11 is 3.41. The third kappa shape index (κ3) is 4.84. The molecule has 0 radical (unpaired) electrons. The summed E-state index contributed by atoms with van der Waals surface area (Å²) in [7, 11) is 0. The van der Waals surface area contributed by atoms with Gasteiger partial charge in [0.05, 0.1) is 29.2 Å². The fourth-order valence-corrected chi connectivity index (χ4v) is 3.63. The van der Waals surface area contributed by atoms with Crippen LogP contribution < -0.4 is 9.47 Å². The molecule has 5 nitrogen and oxygen atoms in total. The first-order valence-electron chi connectivity index (χ1n) is 9.34. The van der Waals surface area contributed by atoms with Crippen molar-refractivity contribution < 1.29 is 18.3 Å². The maximum absolute atomic E-state index is 12.9. The number of fused-ring (bicyclic) bond motifs is 1. The SMILES string of the molecule is N#Cc1ccc2nc(COc3cccc(Br)c3)n(Cc3ccccc3OC(F)F)c2c1. The lowest BCUT2D eigenvalue weighted by atomic mass is 10.2. The molecule has 8 heteroatoms. The highest BCUT2D eigenvalue weighted by molar-refractivity contribution is 9.10. The van der Waals surface area contributed by atoms with Gasteiger partial charge in [0, 0.05) is 10.0 Å². The van der Waals surface area contributed by atoms with Gasteiger partial charge in [-0.3, -0.25) is 0 Å². The molecule has 0 aliphatic rings. The van der Waals surface area contributed by atoms with Crippen molar-refractivity contribution in [3.05, 3.63) is 88.2 Å². The molecule has 0 N–H and O–H groups in total. The minimum Gasteiger partial charge on any atom is -0.486 e. The molecule has 0 atom stereocenters. The van der Waals surface area contributed by atoms with Crippen LogP contribution in [0.1, 0.15) is 17.0 Å². The first-order chi connectivity index (χ1) is 15.0. The Bertz CT molecular complexity index is 1270. The Morgan fingerprint density at radius 2 is 1.90 bits per heavy atom. The van der Waals surface area contributed by atoms with Gasteiger partial charge in [-0.2, -0.15) is 14.0 Å². The summed E-state index contributed by atoms with van der Waals surface area (Å²) in [6.45, 7) is -2.54. The summed E-state index contributed by atoms with van der Waals surface area (Å²) in [4.78, 5) is 4.64. The van der Waals surface area contributed by atoms with Crippen molar-refractivity contribution in [2.24, 2.45) is 0 Å². The molecule has 3 aromatic carbocycles. The van der Waals surface area contributed by atoms with Gasteiger partial charge in [-0.15, -0.1) is 0 Å². The van der Waals surface area contributed by atoms with Crippen LogP contribution >= 0.6 is 15.9 Å². The number of hydrogen-bond donors (Lipinski definition) is 0. The average Bonchev–Trinajstić information content (AvgIpc) is 3.10. The second-order valence-corrected chi connectivity index (χ2v) is 7.58. The third-order valence-corrected chi connectivity index (χ3v) is 5.13. The van der Waals surface area contributed by atoms with Crippen molar-refractivity contribution in [1.29, 1.82) is 5.26 Å². The van der Waals surface area contributed by atoms with Gasteiger partial charge in [-0.1, -0.05) is 40.2 Å². The second kappa shape index (κ2) is 9.14. The zero-order chi connectivity index (χ0) is 21.8. The minimum absolute atomic E-state index is 0.0923. The quantitative estimate of drug-likeness (QED) is 0.328.